The van der Waals surface area contributed by atoms with Gasteiger partial charge in [-0.1, -0.05) is 30.3 Å². The van der Waals surface area contributed by atoms with Crippen LogP contribution < -0.4 is 9.62 Å². The fourth-order valence-corrected chi connectivity index (χ4v) is 3.43. The van der Waals surface area contributed by atoms with Crippen molar-refractivity contribution >= 4 is 10.0 Å². The van der Waals surface area contributed by atoms with Gasteiger partial charge in [0.2, 0.25) is 10.0 Å². The molecule has 2 aromatic rings. The number of sulfonamides is 1. The Labute approximate surface area is 139 Å². The zero-order chi connectivity index (χ0) is 17.0. The van der Waals surface area contributed by atoms with Gasteiger partial charge in [0, 0.05) is 12.1 Å². The molecule has 0 heterocycles. The van der Waals surface area contributed by atoms with E-state index < -0.39 is 10.0 Å². The van der Waals surface area contributed by atoms with Crippen LogP contribution in [0.1, 0.15) is 22.3 Å². The first-order valence-electron chi connectivity index (χ1n) is 7.72. The molecule has 0 aliphatic heterocycles. The highest BCUT2D eigenvalue weighted by atomic mass is 32.2. The summed E-state index contributed by atoms with van der Waals surface area (Å²) in [6.45, 7) is 5.13. The minimum absolute atomic E-state index is 0.296. The molecule has 0 aromatic heterocycles. The molecule has 0 amide bonds. The number of benzene rings is 2. The Bertz CT molecular complexity index is 766. The van der Waals surface area contributed by atoms with E-state index in [1.807, 2.05) is 44.2 Å². The Hall–Kier alpha value is -1.69. The van der Waals surface area contributed by atoms with Gasteiger partial charge in [-0.05, 0) is 42.7 Å². The molecule has 2 aromatic carbocycles. The molecule has 2 N–H and O–H groups in total. The third kappa shape index (κ3) is 4.89. The predicted molar refractivity (Wildman–Crippen MR) is 92.9 cm³/mol. The average molecular weight is 333 g/mol. The van der Waals surface area contributed by atoms with E-state index in [4.69, 9.17) is 0 Å². The molecule has 0 saturated carbocycles. The summed E-state index contributed by atoms with van der Waals surface area (Å²) < 4.78 is 27.4. The largest absolute Gasteiger partial charge is 0.336 e. The van der Waals surface area contributed by atoms with E-state index in [1.165, 1.54) is 10.5 Å². The lowest BCUT2D eigenvalue weighted by Gasteiger charge is -2.10. The van der Waals surface area contributed by atoms with Crippen LogP contribution in [0.15, 0.2) is 47.4 Å². The molecule has 0 atom stereocenters. The molecular weight excluding hydrogens is 308 g/mol. The Morgan fingerprint density at radius 2 is 1.52 bits per heavy atom. The molecule has 0 aliphatic carbocycles. The van der Waals surface area contributed by atoms with Gasteiger partial charge in [0.1, 0.15) is 6.54 Å². The summed E-state index contributed by atoms with van der Waals surface area (Å²) >= 11 is 0. The third-order valence-corrected chi connectivity index (χ3v) is 5.23. The van der Waals surface area contributed by atoms with Crippen molar-refractivity contribution in [2.75, 3.05) is 14.1 Å². The van der Waals surface area contributed by atoms with Gasteiger partial charge >= 0.3 is 0 Å². The Morgan fingerprint density at radius 1 is 0.913 bits per heavy atom. The van der Waals surface area contributed by atoms with E-state index >= 15 is 0 Å². The molecule has 0 bridgehead atoms. The second-order valence-corrected chi connectivity index (χ2v) is 8.04. The van der Waals surface area contributed by atoms with Gasteiger partial charge in [0.05, 0.1) is 19.0 Å². The summed E-state index contributed by atoms with van der Waals surface area (Å²) in [5, 5.41) is 0. The summed E-state index contributed by atoms with van der Waals surface area (Å²) in [6.07, 6.45) is 0. The van der Waals surface area contributed by atoms with Crippen molar-refractivity contribution in [3.63, 3.8) is 0 Å². The standard InChI is InChI=1S/C18H24N2O2S/c1-14-5-10-18(11-15(14)2)23(21,22)19-12-16-6-8-17(9-7-16)13-20(3)4/h5-11,19H,12-13H2,1-4H3/p+1. The summed E-state index contributed by atoms with van der Waals surface area (Å²) in [5.74, 6) is 0. The molecule has 0 unspecified atom stereocenters. The maximum absolute atomic E-state index is 12.4. The van der Waals surface area contributed by atoms with Crippen molar-refractivity contribution in [3.05, 3.63) is 64.7 Å². The normalized spacial score (nSPS) is 11.9. The van der Waals surface area contributed by atoms with Gasteiger partial charge < -0.3 is 4.90 Å². The summed E-state index contributed by atoms with van der Waals surface area (Å²) in [4.78, 5) is 1.67. The second-order valence-electron chi connectivity index (χ2n) is 6.27. The fraction of sp³-hybridized carbons (Fsp3) is 0.333. The molecule has 0 fully saturated rings. The fourth-order valence-electron chi connectivity index (χ4n) is 2.33. The monoisotopic (exact) mass is 333 g/mol. The van der Waals surface area contributed by atoms with Crippen LogP contribution in [0, 0.1) is 13.8 Å². The summed E-state index contributed by atoms with van der Waals surface area (Å²) in [5.41, 5.74) is 4.26. The lowest BCUT2D eigenvalue weighted by Crippen LogP contribution is -3.04. The van der Waals surface area contributed by atoms with Crippen LogP contribution in [0.4, 0.5) is 0 Å². The Morgan fingerprint density at radius 3 is 2.09 bits per heavy atom. The molecule has 0 saturated heterocycles. The highest BCUT2D eigenvalue weighted by molar-refractivity contribution is 7.89. The van der Waals surface area contributed by atoms with E-state index in [-0.39, 0.29) is 0 Å². The zero-order valence-corrected chi connectivity index (χ0v) is 15.0. The van der Waals surface area contributed by atoms with Crippen LogP contribution in [0.2, 0.25) is 0 Å². The smallest absolute Gasteiger partial charge is 0.240 e. The van der Waals surface area contributed by atoms with E-state index in [0.717, 1.165) is 23.2 Å². The number of hydrogen-bond donors (Lipinski definition) is 2. The molecule has 0 spiro atoms. The molecular formula is C18H25N2O2S+. The van der Waals surface area contributed by atoms with Gasteiger partial charge in [0.25, 0.3) is 0 Å². The first-order chi connectivity index (χ1) is 10.8. The molecule has 5 heteroatoms. The van der Waals surface area contributed by atoms with E-state index in [0.29, 0.717) is 11.4 Å². The number of aryl methyl sites for hydroxylation is 2. The van der Waals surface area contributed by atoms with Crippen molar-refractivity contribution in [1.29, 1.82) is 0 Å². The van der Waals surface area contributed by atoms with Crippen molar-refractivity contribution in [2.45, 2.75) is 31.8 Å². The predicted octanol–water partition coefficient (Wildman–Crippen LogP) is 1.43. The number of hydrogen-bond acceptors (Lipinski definition) is 2. The van der Waals surface area contributed by atoms with Gasteiger partial charge in [-0.2, -0.15) is 0 Å². The highest BCUT2D eigenvalue weighted by Crippen LogP contribution is 2.15. The van der Waals surface area contributed by atoms with Gasteiger partial charge in [0.15, 0.2) is 0 Å². The van der Waals surface area contributed by atoms with Crippen LogP contribution >= 0.6 is 0 Å². The maximum atomic E-state index is 12.4. The second kappa shape index (κ2) is 7.25. The lowest BCUT2D eigenvalue weighted by molar-refractivity contribution is -0.872. The van der Waals surface area contributed by atoms with Crippen molar-refractivity contribution < 1.29 is 13.3 Å². The van der Waals surface area contributed by atoms with Crippen LogP contribution in [0.5, 0.6) is 0 Å². The lowest BCUT2D eigenvalue weighted by atomic mass is 10.1. The topological polar surface area (TPSA) is 50.6 Å². The van der Waals surface area contributed by atoms with E-state index in [2.05, 4.69) is 18.8 Å². The number of quaternary nitrogens is 1. The van der Waals surface area contributed by atoms with Crippen LogP contribution in [0.25, 0.3) is 0 Å². The van der Waals surface area contributed by atoms with E-state index in [1.54, 1.807) is 12.1 Å². The maximum Gasteiger partial charge on any atom is 0.240 e. The zero-order valence-electron chi connectivity index (χ0n) is 14.2. The SMILES string of the molecule is Cc1ccc(S(=O)(=O)NCc2ccc(C[NH+](C)C)cc2)cc1C. The van der Waals surface area contributed by atoms with Crippen LogP contribution in [-0.4, -0.2) is 22.5 Å². The van der Waals surface area contributed by atoms with Gasteiger partial charge in [-0.25, -0.2) is 13.1 Å². The number of rotatable bonds is 6. The van der Waals surface area contributed by atoms with Gasteiger partial charge in [-0.3, -0.25) is 0 Å². The summed E-state index contributed by atoms with van der Waals surface area (Å²) in [6, 6.07) is 13.2. The molecule has 0 radical (unpaired) electrons. The van der Waals surface area contributed by atoms with Crippen LogP contribution in [0.3, 0.4) is 0 Å². The molecule has 4 nitrogen and oxygen atoms in total. The Kier molecular flexibility index (Phi) is 5.57. The first-order valence-corrected chi connectivity index (χ1v) is 9.20. The molecule has 23 heavy (non-hydrogen) atoms. The summed E-state index contributed by atoms with van der Waals surface area (Å²) in [7, 11) is 0.725. The minimum Gasteiger partial charge on any atom is -0.336 e. The van der Waals surface area contributed by atoms with E-state index in [9.17, 15) is 8.42 Å². The van der Waals surface area contributed by atoms with Gasteiger partial charge in [-0.15, -0.1) is 0 Å². The average Bonchev–Trinajstić information content (AvgIpc) is 2.49. The van der Waals surface area contributed by atoms with Crippen molar-refractivity contribution in [2.24, 2.45) is 0 Å². The highest BCUT2D eigenvalue weighted by Gasteiger charge is 2.14. The van der Waals surface area contributed by atoms with Crippen molar-refractivity contribution in [1.82, 2.24) is 4.72 Å². The molecule has 124 valence electrons. The third-order valence-electron chi connectivity index (χ3n) is 3.84. The first kappa shape index (κ1) is 17.7. The van der Waals surface area contributed by atoms with Crippen molar-refractivity contribution in [3.8, 4) is 0 Å². The quantitative estimate of drug-likeness (QED) is 0.840. The van der Waals surface area contributed by atoms with Crippen LogP contribution in [-0.2, 0) is 23.1 Å². The molecule has 0 aliphatic rings. The molecule has 2 rings (SSSR count). The minimum atomic E-state index is -3.48. The Balaban J connectivity index is 2.05. The number of nitrogens with one attached hydrogen (secondary N) is 2.